The van der Waals surface area contributed by atoms with E-state index in [1.807, 2.05) is 0 Å². The zero-order chi connectivity index (χ0) is 21.5. The highest BCUT2D eigenvalue weighted by atomic mass is 79.9. The maximum atomic E-state index is 12.2. The molecule has 0 aliphatic carbocycles. The zero-order valence-electron chi connectivity index (χ0n) is 15.3. The summed E-state index contributed by atoms with van der Waals surface area (Å²) in [5.74, 6) is -0.629. The summed E-state index contributed by atoms with van der Waals surface area (Å²) in [6.45, 7) is -0.213. The molecule has 3 rings (SSSR count). The van der Waals surface area contributed by atoms with E-state index >= 15 is 0 Å². The van der Waals surface area contributed by atoms with Crippen molar-refractivity contribution in [1.29, 1.82) is 0 Å². The van der Waals surface area contributed by atoms with Gasteiger partial charge in [-0.15, -0.1) is 0 Å². The minimum absolute atomic E-state index is 0.202. The molecule has 10 nitrogen and oxygen atoms in total. The third-order valence-electron chi connectivity index (χ3n) is 3.72. The van der Waals surface area contributed by atoms with E-state index < -0.39 is 16.8 Å². The van der Waals surface area contributed by atoms with Gasteiger partial charge in [0.25, 0.3) is 5.91 Å². The number of rotatable bonds is 7. The van der Waals surface area contributed by atoms with Crippen LogP contribution in [0.15, 0.2) is 70.5 Å². The van der Waals surface area contributed by atoms with E-state index in [-0.39, 0.29) is 12.2 Å². The SMILES string of the molecule is O=C(Cn1cc([N+](=O)[O-])cn1)N/N=C/c1ccc(OC(=O)c2ccccc2Br)cc1. The number of esters is 1. The molecular weight excluding hydrogens is 458 g/mol. The Kier molecular flexibility index (Phi) is 6.65. The predicted octanol–water partition coefficient (Wildman–Crippen LogP) is 2.92. The highest BCUT2D eigenvalue weighted by molar-refractivity contribution is 9.10. The first-order valence-corrected chi connectivity index (χ1v) is 9.27. The van der Waals surface area contributed by atoms with Crippen molar-refractivity contribution in [2.45, 2.75) is 6.54 Å². The van der Waals surface area contributed by atoms with Gasteiger partial charge in [-0.1, -0.05) is 12.1 Å². The van der Waals surface area contributed by atoms with Crippen molar-refractivity contribution < 1.29 is 19.2 Å². The van der Waals surface area contributed by atoms with Gasteiger partial charge in [0.05, 0.1) is 16.7 Å². The van der Waals surface area contributed by atoms with E-state index in [4.69, 9.17) is 4.74 Å². The lowest BCUT2D eigenvalue weighted by atomic mass is 10.2. The van der Waals surface area contributed by atoms with Crippen LogP contribution in [0.4, 0.5) is 5.69 Å². The number of nitrogens with zero attached hydrogens (tertiary/aromatic N) is 4. The van der Waals surface area contributed by atoms with Crippen LogP contribution >= 0.6 is 15.9 Å². The van der Waals surface area contributed by atoms with Gasteiger partial charge >= 0.3 is 11.7 Å². The van der Waals surface area contributed by atoms with Crippen LogP contribution in [-0.2, 0) is 11.3 Å². The number of nitrogens with one attached hydrogen (secondary N) is 1. The number of hydrogen-bond donors (Lipinski definition) is 1. The molecule has 0 aliphatic rings. The summed E-state index contributed by atoms with van der Waals surface area (Å²) in [7, 11) is 0. The van der Waals surface area contributed by atoms with Crippen molar-refractivity contribution in [1.82, 2.24) is 15.2 Å². The monoisotopic (exact) mass is 471 g/mol. The number of hydrogen-bond acceptors (Lipinski definition) is 7. The highest BCUT2D eigenvalue weighted by Crippen LogP contribution is 2.19. The number of aromatic nitrogens is 2. The van der Waals surface area contributed by atoms with Crippen molar-refractivity contribution in [2.75, 3.05) is 0 Å². The summed E-state index contributed by atoms with van der Waals surface area (Å²) >= 11 is 3.30. The second-order valence-electron chi connectivity index (χ2n) is 5.88. The standard InChI is InChI=1S/C19H14BrN5O5/c20-17-4-2-1-3-16(17)19(27)30-15-7-5-13(6-8-15)9-21-23-18(26)12-24-11-14(10-22-24)25(28)29/h1-11H,12H2,(H,23,26)/b21-9+. The van der Waals surface area contributed by atoms with Crippen LogP contribution in [0.25, 0.3) is 0 Å². The van der Waals surface area contributed by atoms with Crippen LogP contribution in [0.5, 0.6) is 5.75 Å². The fourth-order valence-corrected chi connectivity index (χ4v) is 2.75. The third kappa shape index (κ3) is 5.58. The Bertz CT molecular complexity index is 1110. The van der Waals surface area contributed by atoms with Crippen LogP contribution < -0.4 is 10.2 Å². The Morgan fingerprint density at radius 3 is 2.63 bits per heavy atom. The van der Waals surface area contributed by atoms with Gasteiger partial charge in [-0.3, -0.25) is 19.6 Å². The second kappa shape index (κ2) is 9.56. The smallest absolute Gasteiger partial charge is 0.344 e. The van der Waals surface area contributed by atoms with Crippen LogP contribution in [0.2, 0.25) is 0 Å². The van der Waals surface area contributed by atoms with Crippen molar-refractivity contribution in [2.24, 2.45) is 5.10 Å². The predicted molar refractivity (Wildman–Crippen MR) is 110 cm³/mol. The molecule has 0 saturated carbocycles. The minimum atomic E-state index is -0.598. The molecule has 0 aliphatic heterocycles. The molecule has 0 radical (unpaired) electrons. The number of hydrazone groups is 1. The normalized spacial score (nSPS) is 10.7. The maximum absolute atomic E-state index is 12.2. The van der Waals surface area contributed by atoms with E-state index in [9.17, 15) is 19.7 Å². The summed E-state index contributed by atoms with van der Waals surface area (Å²) in [4.78, 5) is 34.0. The topological polar surface area (TPSA) is 129 Å². The average Bonchev–Trinajstić information content (AvgIpc) is 3.18. The van der Waals surface area contributed by atoms with Gasteiger partial charge in [-0.05, 0) is 57.9 Å². The summed E-state index contributed by atoms with van der Waals surface area (Å²) in [5.41, 5.74) is 3.17. The number of carbonyl (C=O) groups excluding carboxylic acids is 2. The van der Waals surface area contributed by atoms with Crippen LogP contribution in [-0.4, -0.2) is 32.8 Å². The van der Waals surface area contributed by atoms with Gasteiger partial charge in [-0.2, -0.15) is 10.2 Å². The van der Waals surface area contributed by atoms with Crippen molar-refractivity contribution >= 4 is 39.7 Å². The molecule has 0 unspecified atom stereocenters. The highest BCUT2D eigenvalue weighted by Gasteiger charge is 2.12. The number of nitro groups is 1. The lowest BCUT2D eigenvalue weighted by molar-refractivity contribution is -0.385. The molecule has 1 heterocycles. The lowest BCUT2D eigenvalue weighted by Crippen LogP contribution is -2.23. The summed E-state index contributed by atoms with van der Waals surface area (Å²) in [6, 6.07) is 13.5. The number of amides is 1. The largest absolute Gasteiger partial charge is 0.423 e. The molecule has 1 aromatic heterocycles. The van der Waals surface area contributed by atoms with Crippen molar-refractivity contribution in [3.63, 3.8) is 0 Å². The van der Waals surface area contributed by atoms with Gasteiger partial charge in [0.2, 0.25) is 0 Å². The van der Waals surface area contributed by atoms with Crippen LogP contribution in [0, 0.1) is 10.1 Å². The fourth-order valence-electron chi connectivity index (χ4n) is 2.31. The molecule has 2 aromatic carbocycles. The molecule has 11 heteroatoms. The molecule has 3 aromatic rings. The van der Waals surface area contributed by atoms with Gasteiger partial charge in [0, 0.05) is 4.47 Å². The summed E-state index contributed by atoms with van der Waals surface area (Å²) in [6.07, 6.45) is 3.61. The molecule has 30 heavy (non-hydrogen) atoms. The lowest BCUT2D eigenvalue weighted by Gasteiger charge is -2.06. The number of halogens is 1. The van der Waals surface area contributed by atoms with Crippen LogP contribution in [0.3, 0.4) is 0 Å². The zero-order valence-corrected chi connectivity index (χ0v) is 16.9. The van der Waals surface area contributed by atoms with E-state index in [1.54, 1.807) is 48.5 Å². The first kappa shape index (κ1) is 20.9. The molecular formula is C19H14BrN5O5. The average molecular weight is 472 g/mol. The number of benzene rings is 2. The van der Waals surface area contributed by atoms with E-state index in [0.29, 0.717) is 21.3 Å². The van der Waals surface area contributed by atoms with Crippen LogP contribution in [0.1, 0.15) is 15.9 Å². The van der Waals surface area contributed by atoms with Gasteiger partial charge in [-0.25, -0.2) is 10.2 Å². The summed E-state index contributed by atoms with van der Waals surface area (Å²) in [5, 5.41) is 18.1. The third-order valence-corrected chi connectivity index (χ3v) is 4.41. The van der Waals surface area contributed by atoms with E-state index in [0.717, 1.165) is 17.1 Å². The first-order valence-electron chi connectivity index (χ1n) is 8.48. The first-order chi connectivity index (χ1) is 14.4. The van der Waals surface area contributed by atoms with Gasteiger partial charge in [0.15, 0.2) is 0 Å². The Hall–Kier alpha value is -3.86. The van der Waals surface area contributed by atoms with Crippen molar-refractivity contribution in [3.05, 3.63) is 86.6 Å². The Balaban J connectivity index is 1.51. The van der Waals surface area contributed by atoms with Gasteiger partial charge < -0.3 is 4.74 Å². The Morgan fingerprint density at radius 1 is 1.23 bits per heavy atom. The molecule has 0 saturated heterocycles. The van der Waals surface area contributed by atoms with Crippen molar-refractivity contribution in [3.8, 4) is 5.75 Å². The van der Waals surface area contributed by atoms with E-state index in [2.05, 4.69) is 31.6 Å². The van der Waals surface area contributed by atoms with E-state index in [1.165, 1.54) is 6.21 Å². The second-order valence-corrected chi connectivity index (χ2v) is 6.74. The number of carbonyl (C=O) groups is 2. The maximum Gasteiger partial charge on any atom is 0.344 e. The quantitative estimate of drug-likeness (QED) is 0.185. The minimum Gasteiger partial charge on any atom is -0.423 e. The Labute approximate surface area is 178 Å². The molecule has 152 valence electrons. The molecule has 0 bridgehead atoms. The molecule has 0 fully saturated rings. The molecule has 0 atom stereocenters. The van der Waals surface area contributed by atoms with Gasteiger partial charge in [0.1, 0.15) is 24.7 Å². The number of ether oxygens (including phenoxy) is 1. The fraction of sp³-hybridized carbons (Fsp3) is 0.0526. The molecule has 1 amide bonds. The molecule has 1 N–H and O–H groups in total. The Morgan fingerprint density at radius 2 is 1.97 bits per heavy atom. The summed E-state index contributed by atoms with van der Waals surface area (Å²) < 4.78 is 7.10. The molecule has 0 spiro atoms.